The predicted molar refractivity (Wildman–Crippen MR) is 110 cm³/mol. The van der Waals surface area contributed by atoms with Crippen molar-refractivity contribution in [3.63, 3.8) is 0 Å². The zero-order valence-electron chi connectivity index (χ0n) is 15.4. The Hall–Kier alpha value is -3.52. The molecule has 8 heteroatoms. The normalized spacial score (nSPS) is 10.9. The molecule has 0 saturated carbocycles. The smallest absolute Gasteiger partial charge is 0.266 e. The number of nitrogens with zero attached hydrogens (tertiary/aromatic N) is 2. The summed E-state index contributed by atoms with van der Waals surface area (Å²) in [5.41, 5.74) is 0.502. The summed E-state index contributed by atoms with van der Waals surface area (Å²) in [6.45, 7) is 0. The maximum absolute atomic E-state index is 13.2. The molecule has 1 N–H and O–H groups in total. The van der Waals surface area contributed by atoms with Gasteiger partial charge in [-0.2, -0.15) is 0 Å². The highest BCUT2D eigenvalue weighted by Crippen LogP contribution is 2.25. The molecule has 0 atom stereocenters. The summed E-state index contributed by atoms with van der Waals surface area (Å²) in [5.74, 6) is 0.853. The number of methoxy groups -OCH3 is 1. The fraction of sp³-hybridized carbons (Fsp3) is 0.0952. The summed E-state index contributed by atoms with van der Waals surface area (Å²) in [5, 5.41) is 10.3. The lowest BCUT2D eigenvalue weighted by molar-refractivity contribution is 0.414. The first-order valence-electron chi connectivity index (χ1n) is 8.66. The number of hydrogen-bond acceptors (Lipinski definition) is 7. The quantitative estimate of drug-likeness (QED) is 0.400. The Morgan fingerprint density at radius 3 is 2.62 bits per heavy atom. The Balaban J connectivity index is 1.81. The molecule has 4 aromatic rings. The third-order valence-electron chi connectivity index (χ3n) is 4.29. The lowest BCUT2D eigenvalue weighted by atomic mass is 10.2. The lowest BCUT2D eigenvalue weighted by Gasteiger charge is -2.13. The minimum absolute atomic E-state index is 0.199. The molecule has 0 spiro atoms. The molecular formula is C21H16N2O5S. The van der Waals surface area contributed by atoms with E-state index in [1.807, 2.05) is 6.07 Å². The van der Waals surface area contributed by atoms with E-state index < -0.39 is 11.2 Å². The highest BCUT2D eigenvalue weighted by molar-refractivity contribution is 7.98. The summed E-state index contributed by atoms with van der Waals surface area (Å²) < 4.78 is 12.0. The fourth-order valence-corrected chi connectivity index (χ4v) is 3.73. The number of benzene rings is 2. The van der Waals surface area contributed by atoms with Crippen LogP contribution >= 0.6 is 11.8 Å². The summed E-state index contributed by atoms with van der Waals surface area (Å²) in [4.78, 5) is 29.4. The Morgan fingerprint density at radius 2 is 1.90 bits per heavy atom. The van der Waals surface area contributed by atoms with Gasteiger partial charge in [0.15, 0.2) is 10.9 Å². The van der Waals surface area contributed by atoms with E-state index in [1.165, 1.54) is 22.4 Å². The van der Waals surface area contributed by atoms with Crippen molar-refractivity contribution in [2.24, 2.45) is 0 Å². The van der Waals surface area contributed by atoms with Gasteiger partial charge in [0.25, 0.3) is 5.56 Å². The minimum Gasteiger partial charge on any atom is -0.502 e. The van der Waals surface area contributed by atoms with E-state index in [4.69, 9.17) is 9.15 Å². The second-order valence-electron chi connectivity index (χ2n) is 6.13. The van der Waals surface area contributed by atoms with Gasteiger partial charge in [0.1, 0.15) is 17.8 Å². The Labute approximate surface area is 169 Å². The molecule has 0 aliphatic heterocycles. The monoisotopic (exact) mass is 408 g/mol. The van der Waals surface area contributed by atoms with Crippen LogP contribution in [0.1, 0.15) is 5.76 Å². The molecule has 2 heterocycles. The van der Waals surface area contributed by atoms with E-state index in [2.05, 4.69) is 4.98 Å². The van der Waals surface area contributed by atoms with Crippen molar-refractivity contribution in [3.8, 4) is 17.2 Å². The molecule has 146 valence electrons. The molecule has 2 aromatic carbocycles. The van der Waals surface area contributed by atoms with Gasteiger partial charge >= 0.3 is 0 Å². The molecule has 0 amide bonds. The van der Waals surface area contributed by atoms with Crippen molar-refractivity contribution in [1.82, 2.24) is 9.55 Å². The third-order valence-corrected chi connectivity index (χ3v) is 5.25. The van der Waals surface area contributed by atoms with Crippen LogP contribution in [0.3, 0.4) is 0 Å². The van der Waals surface area contributed by atoms with Crippen molar-refractivity contribution >= 4 is 22.7 Å². The van der Waals surface area contributed by atoms with Crippen molar-refractivity contribution in [3.05, 3.63) is 87.2 Å². The van der Waals surface area contributed by atoms with E-state index in [9.17, 15) is 14.7 Å². The van der Waals surface area contributed by atoms with E-state index >= 15 is 0 Å². The molecular weight excluding hydrogens is 392 g/mol. The van der Waals surface area contributed by atoms with Crippen LogP contribution in [0.2, 0.25) is 0 Å². The average Bonchev–Trinajstić information content (AvgIpc) is 2.75. The van der Waals surface area contributed by atoms with Crippen LogP contribution in [0.15, 0.2) is 80.0 Å². The van der Waals surface area contributed by atoms with Crippen molar-refractivity contribution < 1.29 is 14.3 Å². The molecule has 2 aromatic heterocycles. The van der Waals surface area contributed by atoms with Crippen LogP contribution in [-0.4, -0.2) is 21.8 Å². The average molecular weight is 408 g/mol. The van der Waals surface area contributed by atoms with Crippen LogP contribution in [0.4, 0.5) is 0 Å². The van der Waals surface area contributed by atoms with Crippen LogP contribution < -0.4 is 15.7 Å². The van der Waals surface area contributed by atoms with E-state index in [0.717, 1.165) is 6.26 Å². The highest BCUT2D eigenvalue weighted by atomic mass is 32.2. The molecule has 7 nitrogen and oxygen atoms in total. The number of hydrogen-bond donors (Lipinski definition) is 1. The summed E-state index contributed by atoms with van der Waals surface area (Å²) in [7, 11) is 1.57. The number of rotatable bonds is 5. The number of thioether (sulfide) groups is 1. The van der Waals surface area contributed by atoms with Gasteiger partial charge in [-0.25, -0.2) is 4.98 Å². The van der Waals surface area contributed by atoms with Crippen LogP contribution in [0.5, 0.6) is 11.5 Å². The molecule has 0 fully saturated rings. The van der Waals surface area contributed by atoms with Gasteiger partial charge in [-0.05, 0) is 36.4 Å². The summed E-state index contributed by atoms with van der Waals surface area (Å²) in [6, 6.07) is 15.4. The molecule has 0 bridgehead atoms. The van der Waals surface area contributed by atoms with E-state index in [1.54, 1.807) is 49.6 Å². The Kier molecular flexibility index (Phi) is 5.09. The van der Waals surface area contributed by atoms with Crippen molar-refractivity contribution in [1.29, 1.82) is 0 Å². The second-order valence-corrected chi connectivity index (χ2v) is 7.08. The fourth-order valence-electron chi connectivity index (χ4n) is 2.82. The maximum Gasteiger partial charge on any atom is 0.266 e. The standard InChI is InChI=1S/C21H16N2O5S/c1-27-14-8-6-13(7-9-14)23-20(26)16-4-2-3-5-17(16)22-21(23)29-12-15-10-18(24)19(25)11-28-15/h2-11,25H,12H2,1H3. The van der Waals surface area contributed by atoms with Crippen LogP contribution in [-0.2, 0) is 5.75 Å². The summed E-state index contributed by atoms with van der Waals surface area (Å²) >= 11 is 1.25. The number of aromatic hydroxyl groups is 1. The molecule has 0 saturated heterocycles. The molecule has 4 rings (SSSR count). The SMILES string of the molecule is COc1ccc(-n2c(SCc3cc(=O)c(O)co3)nc3ccccc3c2=O)cc1. The van der Waals surface area contributed by atoms with E-state index in [-0.39, 0.29) is 11.3 Å². The van der Waals surface area contributed by atoms with E-state index in [0.29, 0.717) is 33.3 Å². The van der Waals surface area contributed by atoms with Gasteiger partial charge in [-0.1, -0.05) is 23.9 Å². The molecule has 29 heavy (non-hydrogen) atoms. The van der Waals surface area contributed by atoms with Crippen LogP contribution in [0, 0.1) is 0 Å². The first-order chi connectivity index (χ1) is 14.1. The van der Waals surface area contributed by atoms with Crippen molar-refractivity contribution in [2.45, 2.75) is 10.9 Å². The predicted octanol–water partition coefficient (Wildman–Crippen LogP) is 3.35. The van der Waals surface area contributed by atoms with Crippen LogP contribution in [0.25, 0.3) is 16.6 Å². The maximum atomic E-state index is 13.2. The lowest BCUT2D eigenvalue weighted by Crippen LogP contribution is -2.21. The van der Waals surface area contributed by atoms with Gasteiger partial charge in [0.05, 0.1) is 29.5 Å². The van der Waals surface area contributed by atoms with Gasteiger partial charge in [0, 0.05) is 6.07 Å². The number of fused-ring (bicyclic) bond motifs is 1. The second kappa shape index (κ2) is 7.84. The van der Waals surface area contributed by atoms with Crippen molar-refractivity contribution in [2.75, 3.05) is 7.11 Å². The molecule has 0 aliphatic carbocycles. The number of aromatic nitrogens is 2. The third kappa shape index (κ3) is 3.74. The highest BCUT2D eigenvalue weighted by Gasteiger charge is 2.14. The zero-order chi connectivity index (χ0) is 20.4. The topological polar surface area (TPSA) is 94.6 Å². The Morgan fingerprint density at radius 1 is 1.14 bits per heavy atom. The first kappa shape index (κ1) is 18.8. The largest absolute Gasteiger partial charge is 0.502 e. The molecule has 0 radical (unpaired) electrons. The first-order valence-corrected chi connectivity index (χ1v) is 9.65. The van der Waals surface area contributed by atoms with Gasteiger partial charge in [0.2, 0.25) is 5.43 Å². The Bertz CT molecular complexity index is 1300. The minimum atomic E-state index is -0.522. The van der Waals surface area contributed by atoms with Gasteiger partial charge in [-0.15, -0.1) is 0 Å². The number of para-hydroxylation sites is 1. The zero-order valence-corrected chi connectivity index (χ0v) is 16.2. The number of ether oxygens (including phenoxy) is 1. The molecule has 0 aliphatic rings. The van der Waals surface area contributed by atoms with Gasteiger partial charge < -0.3 is 14.3 Å². The molecule has 0 unspecified atom stereocenters. The van der Waals surface area contributed by atoms with Gasteiger partial charge in [-0.3, -0.25) is 14.2 Å². The summed E-state index contributed by atoms with van der Waals surface area (Å²) in [6.07, 6.45) is 1.00.